The fourth-order valence-corrected chi connectivity index (χ4v) is 1.39. The highest BCUT2D eigenvalue weighted by Gasteiger charge is 2.19. The van der Waals surface area contributed by atoms with Crippen LogP contribution in [0.15, 0.2) is 10.6 Å². The normalized spacial score (nSPS) is 11.5. The van der Waals surface area contributed by atoms with Crippen LogP contribution in [0.5, 0.6) is 0 Å². The van der Waals surface area contributed by atoms with Crippen LogP contribution in [-0.4, -0.2) is 17.6 Å². The first-order chi connectivity index (χ1) is 7.93. The molecule has 0 saturated heterocycles. The minimum Gasteiger partial charge on any atom is -0.466 e. The molecular formula is C13H21NO3. The Bertz CT molecular complexity index is 363. The lowest BCUT2D eigenvalue weighted by Gasteiger charge is -2.13. The number of carbonyl (C=O) groups excluding carboxylic acids is 1. The van der Waals surface area contributed by atoms with E-state index in [1.807, 2.05) is 6.92 Å². The number of rotatable bonds is 5. The monoisotopic (exact) mass is 239 g/mol. The molecule has 0 amide bonds. The first-order valence-corrected chi connectivity index (χ1v) is 6.04. The lowest BCUT2D eigenvalue weighted by atomic mass is 9.94. The molecule has 0 aliphatic carbocycles. The van der Waals surface area contributed by atoms with Crippen LogP contribution in [-0.2, 0) is 21.4 Å². The summed E-state index contributed by atoms with van der Waals surface area (Å²) in [5, 5.41) is 0. The number of oxazole rings is 1. The number of ether oxygens (including phenoxy) is 1. The van der Waals surface area contributed by atoms with Gasteiger partial charge in [0.25, 0.3) is 0 Å². The van der Waals surface area contributed by atoms with Crippen LogP contribution in [0.4, 0.5) is 0 Å². The smallest absolute Gasteiger partial charge is 0.305 e. The van der Waals surface area contributed by atoms with Crippen molar-refractivity contribution in [1.82, 2.24) is 4.98 Å². The average molecular weight is 239 g/mol. The molecule has 0 aliphatic heterocycles. The molecule has 0 radical (unpaired) electrons. The van der Waals surface area contributed by atoms with Crippen molar-refractivity contribution in [2.75, 3.05) is 6.61 Å². The number of carbonyl (C=O) groups is 1. The Hall–Kier alpha value is -1.32. The summed E-state index contributed by atoms with van der Waals surface area (Å²) < 4.78 is 10.5. The molecule has 4 heteroatoms. The fourth-order valence-electron chi connectivity index (χ4n) is 1.39. The van der Waals surface area contributed by atoms with Gasteiger partial charge in [-0.25, -0.2) is 4.98 Å². The van der Waals surface area contributed by atoms with Crippen molar-refractivity contribution < 1.29 is 13.9 Å². The second-order valence-corrected chi connectivity index (χ2v) is 5.03. The Kier molecular flexibility index (Phi) is 4.73. The summed E-state index contributed by atoms with van der Waals surface area (Å²) in [5.74, 6) is 1.41. The third kappa shape index (κ3) is 4.59. The molecule has 1 rings (SSSR count). The Balaban J connectivity index is 2.38. The van der Waals surface area contributed by atoms with E-state index in [9.17, 15) is 4.79 Å². The summed E-state index contributed by atoms with van der Waals surface area (Å²) in [5.41, 5.74) is -0.0214. The van der Waals surface area contributed by atoms with E-state index in [0.717, 1.165) is 5.76 Å². The van der Waals surface area contributed by atoms with E-state index in [4.69, 9.17) is 9.15 Å². The number of hydrogen-bond acceptors (Lipinski definition) is 4. The summed E-state index contributed by atoms with van der Waals surface area (Å²) >= 11 is 0. The molecule has 1 aromatic heterocycles. The van der Waals surface area contributed by atoms with E-state index < -0.39 is 0 Å². The van der Waals surface area contributed by atoms with E-state index in [1.165, 1.54) is 0 Å². The van der Waals surface area contributed by atoms with Crippen molar-refractivity contribution >= 4 is 5.97 Å². The molecule has 0 spiro atoms. The van der Waals surface area contributed by atoms with E-state index in [2.05, 4.69) is 25.8 Å². The fraction of sp³-hybridized carbons (Fsp3) is 0.692. The van der Waals surface area contributed by atoms with Crippen LogP contribution in [0.25, 0.3) is 0 Å². The summed E-state index contributed by atoms with van der Waals surface area (Å²) in [4.78, 5) is 15.3. The van der Waals surface area contributed by atoms with E-state index in [1.54, 1.807) is 6.20 Å². The molecule has 0 atom stereocenters. The van der Waals surface area contributed by atoms with Crippen molar-refractivity contribution in [3.63, 3.8) is 0 Å². The van der Waals surface area contributed by atoms with Gasteiger partial charge in [-0.05, 0) is 13.3 Å². The molecule has 0 fully saturated rings. The first kappa shape index (κ1) is 13.7. The van der Waals surface area contributed by atoms with Crippen LogP contribution in [0, 0.1) is 0 Å². The van der Waals surface area contributed by atoms with Crippen molar-refractivity contribution in [2.45, 2.75) is 52.4 Å². The maximum absolute atomic E-state index is 11.1. The van der Waals surface area contributed by atoms with Gasteiger partial charge in [0.1, 0.15) is 5.76 Å². The SMILES string of the molecule is CCOC(=O)CCCc1ncc(C(C)(C)C)o1. The predicted molar refractivity (Wildman–Crippen MR) is 64.8 cm³/mol. The van der Waals surface area contributed by atoms with Crippen molar-refractivity contribution in [3.8, 4) is 0 Å². The summed E-state index contributed by atoms with van der Waals surface area (Å²) in [6, 6.07) is 0. The minimum absolute atomic E-state index is 0.0214. The molecule has 0 unspecified atom stereocenters. The zero-order valence-corrected chi connectivity index (χ0v) is 11.1. The minimum atomic E-state index is -0.157. The Morgan fingerprint density at radius 1 is 1.47 bits per heavy atom. The average Bonchev–Trinajstić information content (AvgIpc) is 2.66. The summed E-state index contributed by atoms with van der Waals surface area (Å²) in [6.07, 6.45) is 3.57. The Labute approximate surface area is 102 Å². The maximum atomic E-state index is 11.1. The largest absolute Gasteiger partial charge is 0.466 e. The summed E-state index contributed by atoms with van der Waals surface area (Å²) in [7, 11) is 0. The van der Waals surface area contributed by atoms with Crippen LogP contribution in [0.1, 0.15) is 52.2 Å². The molecule has 4 nitrogen and oxygen atoms in total. The third-order valence-electron chi connectivity index (χ3n) is 2.37. The molecule has 1 aromatic rings. The molecule has 0 saturated carbocycles. The van der Waals surface area contributed by atoms with Gasteiger partial charge in [0.15, 0.2) is 5.89 Å². The molecule has 0 aromatic carbocycles. The van der Waals surface area contributed by atoms with Crippen molar-refractivity contribution in [3.05, 3.63) is 17.8 Å². The van der Waals surface area contributed by atoms with Crippen LogP contribution < -0.4 is 0 Å². The number of aromatic nitrogens is 1. The van der Waals surface area contributed by atoms with Gasteiger partial charge < -0.3 is 9.15 Å². The van der Waals surface area contributed by atoms with Gasteiger partial charge in [0, 0.05) is 18.3 Å². The van der Waals surface area contributed by atoms with Gasteiger partial charge in [-0.3, -0.25) is 4.79 Å². The molecule has 0 aliphatic rings. The van der Waals surface area contributed by atoms with E-state index >= 15 is 0 Å². The van der Waals surface area contributed by atoms with Gasteiger partial charge in [-0.2, -0.15) is 0 Å². The van der Waals surface area contributed by atoms with E-state index in [-0.39, 0.29) is 11.4 Å². The topological polar surface area (TPSA) is 52.3 Å². The Morgan fingerprint density at radius 3 is 2.71 bits per heavy atom. The molecule has 96 valence electrons. The van der Waals surface area contributed by atoms with Crippen LogP contribution in [0.2, 0.25) is 0 Å². The Morgan fingerprint density at radius 2 is 2.18 bits per heavy atom. The van der Waals surface area contributed by atoms with Gasteiger partial charge in [-0.1, -0.05) is 20.8 Å². The van der Waals surface area contributed by atoms with E-state index in [0.29, 0.717) is 31.8 Å². The standard InChI is InChI=1S/C13H21NO3/c1-5-16-12(15)8-6-7-11-14-9-10(17-11)13(2,3)4/h9H,5-8H2,1-4H3. The number of nitrogens with zero attached hydrogens (tertiary/aromatic N) is 1. The zero-order valence-electron chi connectivity index (χ0n) is 11.1. The molecule has 17 heavy (non-hydrogen) atoms. The lowest BCUT2D eigenvalue weighted by molar-refractivity contribution is -0.143. The second kappa shape index (κ2) is 5.84. The van der Waals surface area contributed by atoms with Crippen molar-refractivity contribution in [2.24, 2.45) is 0 Å². The van der Waals surface area contributed by atoms with Gasteiger partial charge >= 0.3 is 5.97 Å². The third-order valence-corrected chi connectivity index (χ3v) is 2.37. The maximum Gasteiger partial charge on any atom is 0.305 e. The summed E-state index contributed by atoms with van der Waals surface area (Å²) in [6.45, 7) is 8.48. The van der Waals surface area contributed by atoms with Gasteiger partial charge in [0.05, 0.1) is 12.8 Å². The first-order valence-electron chi connectivity index (χ1n) is 6.04. The second-order valence-electron chi connectivity index (χ2n) is 5.03. The number of esters is 1. The quantitative estimate of drug-likeness (QED) is 0.741. The molecule has 1 heterocycles. The van der Waals surface area contributed by atoms with Gasteiger partial charge in [-0.15, -0.1) is 0 Å². The lowest BCUT2D eigenvalue weighted by Crippen LogP contribution is -2.09. The van der Waals surface area contributed by atoms with Gasteiger partial charge in [0.2, 0.25) is 0 Å². The molecule has 0 bridgehead atoms. The number of hydrogen-bond donors (Lipinski definition) is 0. The zero-order chi connectivity index (χ0) is 12.9. The highest BCUT2D eigenvalue weighted by molar-refractivity contribution is 5.69. The highest BCUT2D eigenvalue weighted by atomic mass is 16.5. The van der Waals surface area contributed by atoms with Crippen LogP contribution in [0.3, 0.4) is 0 Å². The van der Waals surface area contributed by atoms with Crippen molar-refractivity contribution in [1.29, 1.82) is 0 Å². The number of aryl methyl sites for hydroxylation is 1. The predicted octanol–water partition coefficient (Wildman–Crippen LogP) is 2.86. The highest BCUT2D eigenvalue weighted by Crippen LogP contribution is 2.23. The van der Waals surface area contributed by atoms with Crippen LogP contribution >= 0.6 is 0 Å². The molecule has 0 N–H and O–H groups in total. The molecular weight excluding hydrogens is 218 g/mol.